The molecule has 0 aliphatic carbocycles. The van der Waals surface area contributed by atoms with Crippen molar-refractivity contribution in [1.29, 1.82) is 0 Å². The minimum atomic E-state index is 0.740. The van der Waals surface area contributed by atoms with Gasteiger partial charge in [-0.05, 0) is 56.0 Å². The second-order valence-corrected chi connectivity index (χ2v) is 8.74. The van der Waals surface area contributed by atoms with Crippen molar-refractivity contribution in [1.82, 2.24) is 19.9 Å². The number of piperidine rings is 1. The SMILES string of the molecule is Cc1ncc2cc(-c3ccccc3)c(-c3ccc(CN4CCC(C)CC4)cc3)nc2n1. The zero-order valence-corrected chi connectivity index (χ0v) is 18.3. The normalized spacial score (nSPS) is 15.4. The van der Waals surface area contributed by atoms with Gasteiger partial charge in [0, 0.05) is 29.3 Å². The Hall–Kier alpha value is -3.11. The molecule has 0 N–H and O–H groups in total. The first-order chi connectivity index (χ1) is 15.2. The predicted octanol–water partition coefficient (Wildman–Crippen LogP) is 5.90. The molecule has 0 spiro atoms. The maximum Gasteiger partial charge on any atom is 0.163 e. The number of hydrogen-bond acceptors (Lipinski definition) is 4. The highest BCUT2D eigenvalue weighted by Crippen LogP contribution is 2.33. The molecule has 2 aromatic carbocycles. The van der Waals surface area contributed by atoms with E-state index in [1.54, 1.807) is 0 Å². The van der Waals surface area contributed by atoms with E-state index < -0.39 is 0 Å². The molecule has 0 amide bonds. The molecule has 0 radical (unpaired) electrons. The highest BCUT2D eigenvalue weighted by Gasteiger charge is 2.16. The number of aryl methyl sites for hydroxylation is 1. The van der Waals surface area contributed by atoms with Crippen LogP contribution in [0.2, 0.25) is 0 Å². The maximum atomic E-state index is 4.97. The predicted molar refractivity (Wildman–Crippen MR) is 127 cm³/mol. The maximum absolute atomic E-state index is 4.97. The molecule has 31 heavy (non-hydrogen) atoms. The monoisotopic (exact) mass is 408 g/mol. The molecular weight excluding hydrogens is 380 g/mol. The minimum absolute atomic E-state index is 0.740. The lowest BCUT2D eigenvalue weighted by Gasteiger charge is -2.30. The third-order valence-corrected chi connectivity index (χ3v) is 6.28. The van der Waals surface area contributed by atoms with Crippen LogP contribution in [0.15, 0.2) is 66.9 Å². The van der Waals surface area contributed by atoms with Gasteiger partial charge >= 0.3 is 0 Å². The van der Waals surface area contributed by atoms with Crippen molar-refractivity contribution in [2.45, 2.75) is 33.2 Å². The summed E-state index contributed by atoms with van der Waals surface area (Å²) >= 11 is 0. The fourth-order valence-electron chi connectivity index (χ4n) is 4.35. The fraction of sp³-hybridized carbons (Fsp3) is 0.296. The van der Waals surface area contributed by atoms with E-state index in [1.165, 1.54) is 31.5 Å². The quantitative estimate of drug-likeness (QED) is 0.422. The summed E-state index contributed by atoms with van der Waals surface area (Å²) in [5.74, 6) is 1.60. The summed E-state index contributed by atoms with van der Waals surface area (Å²) in [5, 5.41) is 0.962. The lowest BCUT2D eigenvalue weighted by Crippen LogP contribution is -2.32. The summed E-state index contributed by atoms with van der Waals surface area (Å²) < 4.78 is 0. The molecule has 1 fully saturated rings. The number of hydrogen-bond donors (Lipinski definition) is 0. The Bertz CT molecular complexity index is 1180. The Labute approximate surface area is 184 Å². The number of fused-ring (bicyclic) bond motifs is 1. The van der Waals surface area contributed by atoms with Crippen molar-refractivity contribution in [3.05, 3.63) is 78.2 Å². The van der Waals surface area contributed by atoms with Gasteiger partial charge in [0.15, 0.2) is 5.65 Å². The molecule has 1 saturated heterocycles. The van der Waals surface area contributed by atoms with Crippen LogP contribution in [-0.4, -0.2) is 32.9 Å². The van der Waals surface area contributed by atoms with E-state index >= 15 is 0 Å². The highest BCUT2D eigenvalue weighted by atomic mass is 15.1. The Morgan fingerprint density at radius 1 is 0.903 bits per heavy atom. The number of nitrogens with zero attached hydrogens (tertiary/aromatic N) is 4. The van der Waals surface area contributed by atoms with Crippen molar-refractivity contribution in [2.75, 3.05) is 13.1 Å². The fourth-order valence-corrected chi connectivity index (χ4v) is 4.35. The van der Waals surface area contributed by atoms with E-state index in [0.717, 1.165) is 51.7 Å². The first-order valence-corrected chi connectivity index (χ1v) is 11.2. The van der Waals surface area contributed by atoms with Crippen LogP contribution in [0.4, 0.5) is 0 Å². The smallest absolute Gasteiger partial charge is 0.163 e. The zero-order chi connectivity index (χ0) is 21.2. The summed E-state index contributed by atoms with van der Waals surface area (Å²) in [4.78, 5) is 16.5. The van der Waals surface area contributed by atoms with Gasteiger partial charge in [-0.2, -0.15) is 0 Å². The van der Waals surface area contributed by atoms with Crippen LogP contribution in [0.5, 0.6) is 0 Å². The number of likely N-dealkylation sites (tertiary alicyclic amines) is 1. The van der Waals surface area contributed by atoms with E-state index in [-0.39, 0.29) is 0 Å². The first kappa shape index (κ1) is 19.8. The Morgan fingerprint density at radius 2 is 1.65 bits per heavy atom. The van der Waals surface area contributed by atoms with Crippen LogP contribution in [0, 0.1) is 12.8 Å². The van der Waals surface area contributed by atoms with E-state index in [4.69, 9.17) is 4.98 Å². The molecule has 3 heterocycles. The molecule has 4 heteroatoms. The average Bonchev–Trinajstić information content (AvgIpc) is 2.81. The Balaban J connectivity index is 1.51. The summed E-state index contributed by atoms with van der Waals surface area (Å²) in [6, 6.07) is 21.5. The lowest BCUT2D eigenvalue weighted by atomic mass is 9.97. The molecule has 4 nitrogen and oxygen atoms in total. The number of aromatic nitrogens is 3. The van der Waals surface area contributed by atoms with Gasteiger partial charge in [0.25, 0.3) is 0 Å². The van der Waals surface area contributed by atoms with Gasteiger partial charge in [-0.25, -0.2) is 15.0 Å². The highest BCUT2D eigenvalue weighted by molar-refractivity contribution is 5.89. The Kier molecular flexibility index (Phi) is 5.47. The zero-order valence-electron chi connectivity index (χ0n) is 18.3. The van der Waals surface area contributed by atoms with E-state index in [2.05, 4.69) is 76.4 Å². The average molecular weight is 409 g/mol. The third kappa shape index (κ3) is 4.35. The van der Waals surface area contributed by atoms with Gasteiger partial charge in [0.2, 0.25) is 0 Å². The summed E-state index contributed by atoms with van der Waals surface area (Å²) in [7, 11) is 0. The molecule has 0 bridgehead atoms. The van der Waals surface area contributed by atoms with Crippen LogP contribution < -0.4 is 0 Å². The van der Waals surface area contributed by atoms with Crippen molar-refractivity contribution in [3.63, 3.8) is 0 Å². The molecule has 0 unspecified atom stereocenters. The molecule has 1 aliphatic rings. The summed E-state index contributed by atoms with van der Waals surface area (Å²) in [6.07, 6.45) is 4.48. The van der Waals surface area contributed by atoms with Crippen LogP contribution in [0.25, 0.3) is 33.4 Å². The van der Waals surface area contributed by atoms with Crippen LogP contribution in [0.1, 0.15) is 31.2 Å². The molecule has 4 aromatic rings. The van der Waals surface area contributed by atoms with Gasteiger partial charge in [-0.1, -0.05) is 61.5 Å². The second kappa shape index (κ2) is 8.56. The van der Waals surface area contributed by atoms with Crippen molar-refractivity contribution in [3.8, 4) is 22.4 Å². The molecule has 2 aromatic heterocycles. The van der Waals surface area contributed by atoms with Crippen LogP contribution >= 0.6 is 0 Å². The van der Waals surface area contributed by atoms with Gasteiger partial charge in [-0.3, -0.25) is 4.90 Å². The van der Waals surface area contributed by atoms with Gasteiger partial charge in [0.05, 0.1) is 5.69 Å². The summed E-state index contributed by atoms with van der Waals surface area (Å²) in [6.45, 7) is 7.69. The van der Waals surface area contributed by atoms with Crippen molar-refractivity contribution >= 4 is 11.0 Å². The van der Waals surface area contributed by atoms with Gasteiger partial charge in [0.1, 0.15) is 5.82 Å². The van der Waals surface area contributed by atoms with Gasteiger partial charge in [-0.15, -0.1) is 0 Å². The molecule has 0 atom stereocenters. The van der Waals surface area contributed by atoms with Gasteiger partial charge < -0.3 is 0 Å². The standard InChI is InChI=1S/C27H28N4/c1-19-12-14-31(15-13-19)18-21-8-10-23(11-9-21)26-25(22-6-4-3-5-7-22)16-24-17-28-20(2)29-27(24)30-26/h3-11,16-17,19H,12-15,18H2,1-2H3. The van der Waals surface area contributed by atoms with E-state index in [0.29, 0.717) is 0 Å². The number of benzene rings is 2. The van der Waals surface area contributed by atoms with Crippen molar-refractivity contribution in [2.24, 2.45) is 5.92 Å². The molecule has 0 saturated carbocycles. The Morgan fingerprint density at radius 3 is 2.39 bits per heavy atom. The van der Waals surface area contributed by atoms with E-state index in [1.807, 2.05) is 19.2 Å². The topological polar surface area (TPSA) is 41.9 Å². The minimum Gasteiger partial charge on any atom is -0.299 e. The summed E-state index contributed by atoms with van der Waals surface area (Å²) in [5.41, 5.74) is 6.45. The lowest BCUT2D eigenvalue weighted by molar-refractivity contribution is 0.185. The largest absolute Gasteiger partial charge is 0.299 e. The molecule has 1 aliphatic heterocycles. The first-order valence-electron chi connectivity index (χ1n) is 11.2. The second-order valence-electron chi connectivity index (χ2n) is 8.74. The van der Waals surface area contributed by atoms with Crippen LogP contribution in [0.3, 0.4) is 0 Å². The third-order valence-electron chi connectivity index (χ3n) is 6.28. The number of pyridine rings is 1. The molecule has 5 rings (SSSR count). The van der Waals surface area contributed by atoms with Crippen molar-refractivity contribution < 1.29 is 0 Å². The molecule has 156 valence electrons. The van der Waals surface area contributed by atoms with E-state index in [9.17, 15) is 0 Å². The van der Waals surface area contributed by atoms with Crippen LogP contribution in [-0.2, 0) is 6.54 Å². The molecular formula is C27H28N4. The number of rotatable bonds is 4.